The highest BCUT2D eigenvalue weighted by atomic mass is 19.1. The third-order valence-corrected chi connectivity index (χ3v) is 6.78. The van der Waals surface area contributed by atoms with Gasteiger partial charge in [-0.1, -0.05) is 0 Å². The van der Waals surface area contributed by atoms with Crippen LogP contribution in [0.15, 0.2) is 36.8 Å². The van der Waals surface area contributed by atoms with Gasteiger partial charge in [-0.25, -0.2) is 9.37 Å². The van der Waals surface area contributed by atoms with Gasteiger partial charge in [0.1, 0.15) is 17.6 Å². The van der Waals surface area contributed by atoms with E-state index in [0.717, 1.165) is 23.6 Å². The molecule has 2 bridgehead atoms. The van der Waals surface area contributed by atoms with E-state index in [0.29, 0.717) is 23.6 Å². The Balaban J connectivity index is 1.43. The number of phenolic OH excluding ortho intramolecular Hbond substituents is 1. The van der Waals surface area contributed by atoms with Crippen molar-refractivity contribution in [2.45, 2.75) is 56.4 Å². The lowest BCUT2D eigenvalue weighted by atomic mass is 9.82. The van der Waals surface area contributed by atoms with Crippen molar-refractivity contribution in [1.82, 2.24) is 25.5 Å². The molecule has 0 unspecified atom stereocenters. The molecular weight excluding hydrogens is 383 g/mol. The average molecular weight is 408 g/mol. The lowest BCUT2D eigenvalue weighted by molar-refractivity contribution is 0.0856. The largest absolute Gasteiger partial charge is 0.507 e. The van der Waals surface area contributed by atoms with Gasteiger partial charge in [0.25, 0.3) is 0 Å². The first-order chi connectivity index (χ1) is 14.3. The van der Waals surface area contributed by atoms with Crippen molar-refractivity contribution in [3.63, 3.8) is 0 Å². The zero-order chi connectivity index (χ0) is 21.1. The van der Waals surface area contributed by atoms with Crippen LogP contribution < -0.4 is 10.2 Å². The second-order valence-corrected chi connectivity index (χ2v) is 9.12. The molecule has 156 valence electrons. The van der Waals surface area contributed by atoms with Crippen LogP contribution in [0.3, 0.4) is 0 Å². The van der Waals surface area contributed by atoms with Gasteiger partial charge in [-0.2, -0.15) is 0 Å². The maximum Gasteiger partial charge on any atom is 0.245 e. The zero-order valence-electron chi connectivity index (χ0n) is 17.3. The molecule has 0 radical (unpaired) electrons. The molecule has 0 spiro atoms. The molecule has 2 aliphatic heterocycles. The van der Waals surface area contributed by atoms with E-state index >= 15 is 4.39 Å². The molecule has 1 aromatic carbocycles. The Labute approximate surface area is 174 Å². The molecule has 5 rings (SSSR count). The van der Waals surface area contributed by atoms with Crippen molar-refractivity contribution in [2.75, 3.05) is 11.9 Å². The van der Waals surface area contributed by atoms with Gasteiger partial charge in [-0.15, -0.1) is 10.2 Å². The third-order valence-electron chi connectivity index (χ3n) is 6.78. The second kappa shape index (κ2) is 6.57. The molecule has 30 heavy (non-hydrogen) atoms. The van der Waals surface area contributed by atoms with Crippen LogP contribution in [0.25, 0.3) is 22.0 Å². The van der Waals surface area contributed by atoms with Gasteiger partial charge in [-0.3, -0.25) is 4.98 Å². The molecular formula is C22H25FN6O. The molecule has 2 N–H and O–H groups in total. The summed E-state index contributed by atoms with van der Waals surface area (Å²) < 4.78 is 15.4. The van der Waals surface area contributed by atoms with Gasteiger partial charge in [0.15, 0.2) is 0 Å². The van der Waals surface area contributed by atoms with Crippen LogP contribution >= 0.6 is 0 Å². The number of aromatic nitrogens is 4. The van der Waals surface area contributed by atoms with Gasteiger partial charge in [0, 0.05) is 41.5 Å². The molecule has 0 aliphatic carbocycles. The highest BCUT2D eigenvalue weighted by Gasteiger charge is 2.56. The highest BCUT2D eigenvalue weighted by Crippen LogP contribution is 2.45. The summed E-state index contributed by atoms with van der Waals surface area (Å²) in [6.45, 7) is 4.12. The quantitative estimate of drug-likeness (QED) is 0.688. The van der Waals surface area contributed by atoms with Crippen molar-refractivity contribution in [2.24, 2.45) is 0 Å². The summed E-state index contributed by atoms with van der Waals surface area (Å²) in [5.41, 5.74) is 0.413. The van der Waals surface area contributed by atoms with E-state index in [4.69, 9.17) is 0 Å². The lowest BCUT2D eigenvalue weighted by Gasteiger charge is -2.47. The number of benzene rings is 1. The predicted molar refractivity (Wildman–Crippen MR) is 113 cm³/mol. The van der Waals surface area contributed by atoms with Gasteiger partial charge < -0.3 is 15.3 Å². The number of aromatic hydroxyl groups is 1. The van der Waals surface area contributed by atoms with E-state index < -0.39 is 11.7 Å². The topological polar surface area (TPSA) is 87.1 Å². The van der Waals surface area contributed by atoms with E-state index in [1.54, 1.807) is 29.6 Å². The molecule has 2 saturated heterocycles. The Morgan fingerprint density at radius 1 is 1.17 bits per heavy atom. The third kappa shape index (κ3) is 2.98. The summed E-state index contributed by atoms with van der Waals surface area (Å²) in [7, 11) is 1.83. The number of alkyl halides is 1. The number of nitrogens with one attached hydrogen (secondary N) is 1. The summed E-state index contributed by atoms with van der Waals surface area (Å²) in [5.74, 6) is 0.469. The first-order valence-corrected chi connectivity index (χ1v) is 10.2. The zero-order valence-corrected chi connectivity index (χ0v) is 17.3. The van der Waals surface area contributed by atoms with Crippen LogP contribution in [0.4, 0.5) is 10.3 Å². The molecule has 7 nitrogen and oxygen atoms in total. The molecule has 2 fully saturated rings. The maximum atomic E-state index is 15.4. The monoisotopic (exact) mass is 408 g/mol. The maximum absolute atomic E-state index is 15.4. The second-order valence-electron chi connectivity index (χ2n) is 9.12. The summed E-state index contributed by atoms with van der Waals surface area (Å²) in [5, 5.41) is 24.2. The Kier molecular flexibility index (Phi) is 4.18. The van der Waals surface area contributed by atoms with E-state index in [9.17, 15) is 5.11 Å². The Morgan fingerprint density at radius 2 is 2.00 bits per heavy atom. The molecule has 2 aliphatic rings. The SMILES string of the molecule is CN(c1ncc(-c2cc3ccncc3cc2O)nn1)[C@H]1C[C@]2(C)CC[C@@](C)(N2)[C@@H]1F. The van der Waals surface area contributed by atoms with Gasteiger partial charge >= 0.3 is 0 Å². The van der Waals surface area contributed by atoms with Crippen LogP contribution in [-0.2, 0) is 0 Å². The number of hydrogen-bond donors (Lipinski definition) is 2. The molecule has 4 atom stereocenters. The number of anilines is 1. The minimum absolute atomic E-state index is 0.0740. The molecule has 8 heteroatoms. The summed E-state index contributed by atoms with van der Waals surface area (Å²) >= 11 is 0. The van der Waals surface area contributed by atoms with E-state index in [2.05, 4.69) is 32.4 Å². The minimum atomic E-state index is -1.03. The molecule has 0 saturated carbocycles. The van der Waals surface area contributed by atoms with E-state index in [-0.39, 0.29) is 17.3 Å². The molecule has 0 amide bonds. The summed E-state index contributed by atoms with van der Waals surface area (Å²) in [4.78, 5) is 10.3. The number of halogens is 1. The molecule has 4 heterocycles. The number of fused-ring (bicyclic) bond motifs is 3. The van der Waals surface area contributed by atoms with Gasteiger partial charge in [0.2, 0.25) is 5.95 Å². The first-order valence-electron chi connectivity index (χ1n) is 10.2. The van der Waals surface area contributed by atoms with Crippen LogP contribution in [0.2, 0.25) is 0 Å². The van der Waals surface area contributed by atoms with Crippen LogP contribution in [0, 0.1) is 0 Å². The number of hydrogen-bond acceptors (Lipinski definition) is 7. The van der Waals surface area contributed by atoms with Crippen LogP contribution in [0.5, 0.6) is 5.75 Å². The van der Waals surface area contributed by atoms with Crippen LogP contribution in [0.1, 0.15) is 33.1 Å². The minimum Gasteiger partial charge on any atom is -0.507 e. The van der Waals surface area contributed by atoms with Gasteiger partial charge in [0.05, 0.1) is 12.2 Å². The number of piperidine rings is 1. The molecule has 2 aromatic heterocycles. The summed E-state index contributed by atoms with van der Waals surface area (Å²) in [6, 6.07) is 5.04. The van der Waals surface area contributed by atoms with E-state index in [1.165, 1.54) is 0 Å². The van der Waals surface area contributed by atoms with Crippen molar-refractivity contribution >= 4 is 16.7 Å². The smallest absolute Gasteiger partial charge is 0.245 e. The Morgan fingerprint density at radius 3 is 2.77 bits per heavy atom. The van der Waals surface area contributed by atoms with Gasteiger partial charge in [-0.05, 0) is 56.7 Å². The van der Waals surface area contributed by atoms with Crippen molar-refractivity contribution in [3.05, 3.63) is 36.8 Å². The lowest BCUT2D eigenvalue weighted by Crippen LogP contribution is -2.65. The van der Waals surface area contributed by atoms with Crippen molar-refractivity contribution < 1.29 is 9.50 Å². The standard InChI is InChI=1S/C22H25FN6O/c1-21-5-6-22(2,28-21)19(23)17(10-21)29(3)20-25-12-16(26-27-20)15-8-13-4-7-24-11-14(13)9-18(15)30/h4,7-9,11-12,17,19,28,30H,5-6,10H2,1-3H3/t17-,19+,21-,22+/m0/s1. The summed E-state index contributed by atoms with van der Waals surface area (Å²) in [6.07, 6.45) is 6.41. The van der Waals surface area contributed by atoms with Crippen molar-refractivity contribution in [1.29, 1.82) is 0 Å². The average Bonchev–Trinajstić information content (AvgIpc) is 3.02. The van der Waals surface area contributed by atoms with Crippen LogP contribution in [-0.4, -0.2) is 55.6 Å². The molecule has 3 aromatic rings. The Bertz CT molecular complexity index is 1110. The number of phenols is 1. The predicted octanol–water partition coefficient (Wildman–Crippen LogP) is 3.24. The fourth-order valence-electron chi connectivity index (χ4n) is 5.06. The fourth-order valence-corrected chi connectivity index (χ4v) is 5.06. The Hall–Kier alpha value is -2.87. The number of rotatable bonds is 3. The number of nitrogens with zero attached hydrogens (tertiary/aromatic N) is 5. The normalized spacial score (nSPS) is 30.5. The van der Waals surface area contributed by atoms with E-state index in [1.807, 2.05) is 26.1 Å². The number of pyridine rings is 1. The first kappa shape index (κ1) is 19.1. The van der Waals surface area contributed by atoms with Crippen molar-refractivity contribution in [3.8, 4) is 17.0 Å². The highest BCUT2D eigenvalue weighted by molar-refractivity contribution is 5.89. The fraction of sp³-hybridized carbons (Fsp3) is 0.455.